The van der Waals surface area contributed by atoms with Gasteiger partial charge in [0, 0.05) is 18.1 Å². The van der Waals surface area contributed by atoms with Crippen molar-refractivity contribution in [2.24, 2.45) is 5.92 Å². The Morgan fingerprint density at radius 1 is 1.00 bits per heavy atom. The Bertz CT molecular complexity index is 874. The lowest BCUT2D eigenvalue weighted by molar-refractivity contribution is -0.384. The molecule has 2 amide bonds. The third-order valence-corrected chi connectivity index (χ3v) is 3.62. The number of nitrogens with zero attached hydrogens (tertiary/aromatic N) is 2. The summed E-state index contributed by atoms with van der Waals surface area (Å²) in [5, 5.41) is 20.1. The maximum absolute atomic E-state index is 12.9. The first kappa shape index (κ1) is 18.8. The van der Waals surface area contributed by atoms with Crippen molar-refractivity contribution in [1.82, 2.24) is 0 Å². The van der Waals surface area contributed by atoms with Gasteiger partial charge in [-0.1, -0.05) is 26.0 Å². The van der Waals surface area contributed by atoms with Crippen LogP contribution in [0.5, 0.6) is 0 Å². The van der Waals surface area contributed by atoms with Crippen LogP contribution in [0.1, 0.15) is 34.6 Å². The van der Waals surface area contributed by atoms with E-state index >= 15 is 0 Å². The molecule has 0 aromatic heterocycles. The number of carboxylic acids is 1. The summed E-state index contributed by atoms with van der Waals surface area (Å²) in [5.74, 6) is -3.21. The highest BCUT2D eigenvalue weighted by molar-refractivity contribution is 6.23. The van der Waals surface area contributed by atoms with Crippen LogP contribution in [0.25, 0.3) is 0 Å². The van der Waals surface area contributed by atoms with Crippen LogP contribution in [0.2, 0.25) is 0 Å². The maximum atomic E-state index is 12.9. The fraction of sp³-hybridized carbons (Fsp3) is 0.167. The molecule has 2 aromatic rings. The van der Waals surface area contributed by atoms with Crippen molar-refractivity contribution < 1.29 is 24.4 Å². The van der Waals surface area contributed by atoms with Gasteiger partial charge in [0.1, 0.15) is 0 Å². The van der Waals surface area contributed by atoms with E-state index in [1.165, 1.54) is 48.5 Å². The number of hydrogen-bond acceptors (Lipinski definition) is 5. The van der Waals surface area contributed by atoms with Crippen molar-refractivity contribution in [2.45, 2.75) is 13.8 Å². The minimum atomic E-state index is -1.30. The van der Waals surface area contributed by atoms with E-state index in [0.717, 1.165) is 4.90 Å². The molecule has 26 heavy (non-hydrogen) atoms. The molecule has 0 aliphatic heterocycles. The highest BCUT2D eigenvalue weighted by Crippen LogP contribution is 2.24. The molecule has 0 heterocycles. The zero-order valence-electron chi connectivity index (χ0n) is 14.1. The molecule has 0 aliphatic rings. The fourth-order valence-electron chi connectivity index (χ4n) is 2.30. The molecule has 0 spiro atoms. The number of hydrogen-bond donors (Lipinski definition) is 1. The number of non-ortho nitro benzene ring substituents is 1. The number of carbonyl (C=O) groups is 3. The molecule has 0 unspecified atom stereocenters. The Morgan fingerprint density at radius 2 is 1.54 bits per heavy atom. The Labute approximate surface area is 148 Å². The van der Waals surface area contributed by atoms with Gasteiger partial charge in [0.15, 0.2) is 0 Å². The molecule has 0 atom stereocenters. The quantitative estimate of drug-likeness (QED) is 0.649. The highest BCUT2D eigenvalue weighted by atomic mass is 16.6. The van der Waals surface area contributed by atoms with Crippen molar-refractivity contribution in [1.29, 1.82) is 0 Å². The van der Waals surface area contributed by atoms with E-state index in [4.69, 9.17) is 0 Å². The lowest BCUT2D eigenvalue weighted by atomic mass is 10.0. The first-order valence-electron chi connectivity index (χ1n) is 7.69. The van der Waals surface area contributed by atoms with Gasteiger partial charge < -0.3 is 5.11 Å². The number of imide groups is 1. The van der Waals surface area contributed by atoms with Crippen LogP contribution in [0, 0.1) is 16.0 Å². The first-order valence-corrected chi connectivity index (χ1v) is 7.69. The van der Waals surface area contributed by atoms with E-state index in [1.54, 1.807) is 13.8 Å². The van der Waals surface area contributed by atoms with Gasteiger partial charge in [-0.2, -0.15) is 0 Å². The number of anilines is 1. The summed E-state index contributed by atoms with van der Waals surface area (Å²) in [5.41, 5.74) is -0.447. The zero-order valence-corrected chi connectivity index (χ0v) is 14.1. The molecular formula is C18H16N2O6. The summed E-state index contributed by atoms with van der Waals surface area (Å²) in [6.45, 7) is 3.19. The third kappa shape index (κ3) is 3.75. The predicted octanol–water partition coefficient (Wildman–Crippen LogP) is 3.12. The number of rotatable bonds is 5. The van der Waals surface area contributed by atoms with Gasteiger partial charge in [0.2, 0.25) is 5.91 Å². The summed E-state index contributed by atoms with van der Waals surface area (Å²) in [4.78, 5) is 47.9. The van der Waals surface area contributed by atoms with Crippen LogP contribution in [-0.4, -0.2) is 27.8 Å². The second-order valence-electron chi connectivity index (χ2n) is 5.76. The van der Waals surface area contributed by atoms with Crippen LogP contribution < -0.4 is 4.90 Å². The minimum Gasteiger partial charge on any atom is -0.478 e. The SMILES string of the molecule is CC(C)C(=O)N(C(=O)c1ccccc1C(=O)O)c1ccc([N+](=O)[O-])cc1. The summed E-state index contributed by atoms with van der Waals surface area (Å²) in [6.07, 6.45) is 0. The van der Waals surface area contributed by atoms with E-state index in [2.05, 4.69) is 0 Å². The van der Waals surface area contributed by atoms with Crippen LogP contribution in [0.15, 0.2) is 48.5 Å². The number of nitro benzene ring substituents is 1. The van der Waals surface area contributed by atoms with Crippen molar-refractivity contribution in [3.05, 3.63) is 69.8 Å². The number of nitro groups is 1. The van der Waals surface area contributed by atoms with Crippen LogP contribution in [0.3, 0.4) is 0 Å². The van der Waals surface area contributed by atoms with Gasteiger partial charge in [-0.3, -0.25) is 19.7 Å². The summed E-state index contributed by atoms with van der Waals surface area (Å²) in [7, 11) is 0. The standard InChI is InChI=1S/C18H16N2O6/c1-11(2)16(21)19(12-7-9-13(10-8-12)20(25)26)17(22)14-5-3-4-6-15(14)18(23)24/h3-11H,1-2H3,(H,23,24). The third-order valence-electron chi connectivity index (χ3n) is 3.62. The first-order chi connectivity index (χ1) is 12.2. The van der Waals surface area contributed by atoms with Gasteiger partial charge in [0.25, 0.3) is 11.6 Å². The Hall–Kier alpha value is -3.55. The second kappa shape index (κ2) is 7.56. The molecule has 0 radical (unpaired) electrons. The smallest absolute Gasteiger partial charge is 0.336 e. The van der Waals surface area contributed by atoms with E-state index in [0.29, 0.717) is 0 Å². The van der Waals surface area contributed by atoms with E-state index in [9.17, 15) is 29.6 Å². The lowest BCUT2D eigenvalue weighted by Crippen LogP contribution is -2.40. The Morgan fingerprint density at radius 3 is 2.00 bits per heavy atom. The van der Waals surface area contributed by atoms with Crippen molar-refractivity contribution in [3.63, 3.8) is 0 Å². The van der Waals surface area contributed by atoms with E-state index < -0.39 is 28.6 Å². The molecular weight excluding hydrogens is 340 g/mol. The average Bonchev–Trinajstić information content (AvgIpc) is 2.62. The van der Waals surface area contributed by atoms with Gasteiger partial charge >= 0.3 is 5.97 Å². The molecule has 1 N–H and O–H groups in total. The number of aromatic carboxylic acids is 1. The molecule has 0 saturated carbocycles. The predicted molar refractivity (Wildman–Crippen MR) is 93.2 cm³/mol. The van der Waals surface area contributed by atoms with Crippen LogP contribution in [0.4, 0.5) is 11.4 Å². The molecule has 2 aromatic carbocycles. The van der Waals surface area contributed by atoms with E-state index in [1.807, 2.05) is 0 Å². The number of amides is 2. The summed E-state index contributed by atoms with van der Waals surface area (Å²) < 4.78 is 0. The molecule has 8 nitrogen and oxygen atoms in total. The maximum Gasteiger partial charge on any atom is 0.336 e. The van der Waals surface area contributed by atoms with Crippen LogP contribution >= 0.6 is 0 Å². The number of benzene rings is 2. The van der Waals surface area contributed by atoms with Crippen LogP contribution in [-0.2, 0) is 4.79 Å². The zero-order chi connectivity index (χ0) is 19.4. The Kier molecular flexibility index (Phi) is 5.46. The van der Waals surface area contributed by atoms with Crippen molar-refractivity contribution in [2.75, 3.05) is 4.90 Å². The topological polar surface area (TPSA) is 118 Å². The largest absolute Gasteiger partial charge is 0.478 e. The van der Waals surface area contributed by atoms with Gasteiger partial charge in [-0.25, -0.2) is 9.69 Å². The number of carboxylic acid groups (broad SMARTS) is 1. The van der Waals surface area contributed by atoms with Crippen molar-refractivity contribution >= 4 is 29.2 Å². The number of carbonyl (C=O) groups excluding carboxylic acids is 2. The molecule has 0 saturated heterocycles. The second-order valence-corrected chi connectivity index (χ2v) is 5.76. The highest BCUT2D eigenvalue weighted by Gasteiger charge is 2.29. The Balaban J connectivity index is 2.55. The molecule has 2 rings (SSSR count). The molecule has 0 fully saturated rings. The normalized spacial score (nSPS) is 10.4. The van der Waals surface area contributed by atoms with Gasteiger partial charge in [0.05, 0.1) is 21.7 Å². The monoisotopic (exact) mass is 356 g/mol. The summed E-state index contributed by atoms with van der Waals surface area (Å²) >= 11 is 0. The molecule has 8 heteroatoms. The average molecular weight is 356 g/mol. The minimum absolute atomic E-state index is 0.125. The summed E-state index contributed by atoms with van der Waals surface area (Å²) in [6, 6.07) is 10.5. The van der Waals surface area contributed by atoms with Gasteiger partial charge in [-0.05, 0) is 24.3 Å². The lowest BCUT2D eigenvalue weighted by Gasteiger charge is -2.23. The molecule has 0 bridgehead atoms. The van der Waals surface area contributed by atoms with Crippen molar-refractivity contribution in [3.8, 4) is 0 Å². The van der Waals surface area contributed by atoms with E-state index in [-0.39, 0.29) is 22.5 Å². The fourth-order valence-corrected chi connectivity index (χ4v) is 2.30. The molecule has 0 aliphatic carbocycles. The van der Waals surface area contributed by atoms with Gasteiger partial charge in [-0.15, -0.1) is 0 Å². The molecule has 134 valence electrons.